The minimum atomic E-state index is -1.26. The lowest BCUT2D eigenvalue weighted by Gasteiger charge is -2.27. The van der Waals surface area contributed by atoms with Gasteiger partial charge in [-0.3, -0.25) is 19.2 Å². The number of rotatable bonds is 15. The molecule has 13 nitrogen and oxygen atoms in total. The highest BCUT2D eigenvalue weighted by molar-refractivity contribution is 5.94. The second kappa shape index (κ2) is 14.0. The number of nitrogens with two attached hydrogens (primary N) is 2. The molecule has 0 aromatic carbocycles. The number of carboxylic acid groups (broad SMARTS) is 1. The molecule has 0 bridgehead atoms. The van der Waals surface area contributed by atoms with Gasteiger partial charge in [0.15, 0.2) is 0 Å². The zero-order valence-electron chi connectivity index (χ0n) is 20.5. The van der Waals surface area contributed by atoms with Crippen LogP contribution in [0.1, 0.15) is 52.7 Å². The number of hydrogen-bond donors (Lipinski definition) is 7. The summed E-state index contributed by atoms with van der Waals surface area (Å²) in [4.78, 5) is 68.0. The van der Waals surface area contributed by atoms with Crippen LogP contribution < -0.4 is 27.4 Å². The standard InChI is InChI=1S/C22H37N7O6/c1-5-12(4)17(24)20(32)27-14(6-7-16(23)30)19(31)29-18(11(2)3)21(33)28-15(22(34)35)8-13-9-25-10-26-13/h9-12,14-15,17-18H,5-8,24H2,1-4H3,(H2,23,30)(H,25,26)(H,27,32)(H,28,33)(H,29,31)(H,34,35). The molecular weight excluding hydrogens is 458 g/mol. The van der Waals surface area contributed by atoms with Crippen molar-refractivity contribution in [2.45, 2.75) is 77.5 Å². The summed E-state index contributed by atoms with van der Waals surface area (Å²) in [5.74, 6) is -4.49. The molecule has 5 unspecified atom stereocenters. The third kappa shape index (κ3) is 9.73. The molecule has 1 aromatic heterocycles. The Morgan fingerprint density at radius 1 is 1.03 bits per heavy atom. The summed E-state index contributed by atoms with van der Waals surface area (Å²) in [5, 5.41) is 17.0. The number of carbonyl (C=O) groups is 5. The van der Waals surface area contributed by atoms with Crippen LogP contribution in [0.2, 0.25) is 0 Å². The van der Waals surface area contributed by atoms with Gasteiger partial charge in [0.1, 0.15) is 18.1 Å². The van der Waals surface area contributed by atoms with Gasteiger partial charge in [-0.15, -0.1) is 0 Å². The predicted octanol–water partition coefficient (Wildman–Crippen LogP) is -1.21. The Morgan fingerprint density at radius 3 is 2.14 bits per heavy atom. The van der Waals surface area contributed by atoms with E-state index in [4.69, 9.17) is 11.5 Å². The highest BCUT2D eigenvalue weighted by Crippen LogP contribution is 2.09. The predicted molar refractivity (Wildman–Crippen MR) is 126 cm³/mol. The molecule has 1 heterocycles. The minimum absolute atomic E-state index is 0.0371. The van der Waals surface area contributed by atoms with Crippen molar-refractivity contribution in [3.05, 3.63) is 18.2 Å². The van der Waals surface area contributed by atoms with E-state index in [0.29, 0.717) is 12.1 Å². The summed E-state index contributed by atoms with van der Waals surface area (Å²) in [6.45, 7) is 7.01. The van der Waals surface area contributed by atoms with Gasteiger partial charge in [-0.1, -0.05) is 34.1 Å². The molecule has 1 rings (SSSR count). The molecule has 13 heteroatoms. The number of aromatic amines is 1. The van der Waals surface area contributed by atoms with Gasteiger partial charge < -0.3 is 37.5 Å². The fraction of sp³-hybridized carbons (Fsp3) is 0.636. The van der Waals surface area contributed by atoms with E-state index in [-0.39, 0.29) is 25.2 Å². The maximum Gasteiger partial charge on any atom is 0.326 e. The zero-order chi connectivity index (χ0) is 26.7. The summed E-state index contributed by atoms with van der Waals surface area (Å²) >= 11 is 0. The summed E-state index contributed by atoms with van der Waals surface area (Å²) in [6, 6.07) is -4.41. The van der Waals surface area contributed by atoms with Crippen LogP contribution >= 0.6 is 0 Å². The Morgan fingerprint density at radius 2 is 1.66 bits per heavy atom. The number of amides is 4. The number of hydrogen-bond acceptors (Lipinski definition) is 7. The van der Waals surface area contributed by atoms with Gasteiger partial charge in [0.25, 0.3) is 0 Å². The maximum absolute atomic E-state index is 13.0. The molecule has 9 N–H and O–H groups in total. The third-order valence-corrected chi connectivity index (χ3v) is 5.71. The van der Waals surface area contributed by atoms with E-state index in [1.807, 2.05) is 6.92 Å². The number of aromatic nitrogens is 2. The first-order chi connectivity index (χ1) is 16.4. The first kappa shape index (κ1) is 29.6. The number of nitrogens with one attached hydrogen (secondary N) is 4. The average Bonchev–Trinajstić information content (AvgIpc) is 3.30. The first-order valence-corrected chi connectivity index (χ1v) is 11.5. The molecule has 0 aliphatic rings. The Balaban J connectivity index is 2.97. The van der Waals surface area contributed by atoms with Gasteiger partial charge in [0.05, 0.1) is 12.4 Å². The van der Waals surface area contributed by atoms with E-state index in [1.165, 1.54) is 12.5 Å². The number of H-pyrrole nitrogens is 1. The number of primary amides is 1. The van der Waals surface area contributed by atoms with E-state index in [1.54, 1.807) is 20.8 Å². The maximum atomic E-state index is 13.0. The van der Waals surface area contributed by atoms with Crippen LogP contribution in [-0.4, -0.2) is 68.8 Å². The van der Waals surface area contributed by atoms with Crippen LogP contribution in [0.3, 0.4) is 0 Å². The van der Waals surface area contributed by atoms with Crippen LogP contribution in [0.4, 0.5) is 0 Å². The van der Waals surface area contributed by atoms with Crippen molar-refractivity contribution >= 4 is 29.6 Å². The average molecular weight is 496 g/mol. The van der Waals surface area contributed by atoms with Crippen LogP contribution in [-0.2, 0) is 30.4 Å². The molecule has 0 fully saturated rings. The molecule has 0 aliphatic heterocycles. The molecule has 0 saturated heterocycles. The van der Waals surface area contributed by atoms with Gasteiger partial charge in [-0.25, -0.2) is 9.78 Å². The zero-order valence-corrected chi connectivity index (χ0v) is 20.5. The summed E-state index contributed by atoms with van der Waals surface area (Å²) in [7, 11) is 0. The molecular formula is C22H37N7O6. The van der Waals surface area contributed by atoms with Gasteiger partial charge >= 0.3 is 5.97 Å². The Hall–Kier alpha value is -3.48. The molecule has 0 saturated carbocycles. The molecule has 35 heavy (non-hydrogen) atoms. The normalized spacial score (nSPS) is 15.4. The fourth-order valence-electron chi connectivity index (χ4n) is 3.20. The summed E-state index contributed by atoms with van der Waals surface area (Å²) < 4.78 is 0. The fourth-order valence-corrected chi connectivity index (χ4v) is 3.20. The van der Waals surface area contributed by atoms with Crippen molar-refractivity contribution in [2.24, 2.45) is 23.3 Å². The molecule has 4 amide bonds. The molecule has 1 aromatic rings. The molecule has 196 valence electrons. The lowest BCUT2D eigenvalue weighted by atomic mass is 9.98. The van der Waals surface area contributed by atoms with Crippen molar-refractivity contribution < 1.29 is 29.1 Å². The quantitative estimate of drug-likeness (QED) is 0.156. The second-order valence-electron chi connectivity index (χ2n) is 8.89. The summed E-state index contributed by atoms with van der Waals surface area (Å²) in [6.07, 6.45) is 3.17. The SMILES string of the molecule is CCC(C)C(N)C(=O)NC(CCC(N)=O)C(=O)NC(C(=O)NC(Cc1cnc[nH]1)C(=O)O)C(C)C. The monoisotopic (exact) mass is 495 g/mol. The number of nitrogens with zero attached hydrogens (tertiary/aromatic N) is 1. The van der Waals surface area contributed by atoms with Gasteiger partial charge in [-0.2, -0.15) is 0 Å². The van der Waals surface area contributed by atoms with Crippen molar-refractivity contribution in [2.75, 3.05) is 0 Å². The van der Waals surface area contributed by atoms with E-state index >= 15 is 0 Å². The van der Waals surface area contributed by atoms with Gasteiger partial charge in [-0.05, 0) is 18.3 Å². The minimum Gasteiger partial charge on any atom is -0.480 e. The van der Waals surface area contributed by atoms with E-state index in [2.05, 4.69) is 25.9 Å². The highest BCUT2D eigenvalue weighted by Gasteiger charge is 2.32. The highest BCUT2D eigenvalue weighted by atomic mass is 16.4. The van der Waals surface area contributed by atoms with E-state index in [0.717, 1.165) is 0 Å². The Labute approximate surface area is 204 Å². The third-order valence-electron chi connectivity index (χ3n) is 5.71. The molecule has 5 atom stereocenters. The molecule has 0 aliphatic carbocycles. The lowest BCUT2D eigenvalue weighted by molar-refractivity contribution is -0.142. The Kier molecular flexibility index (Phi) is 11.9. The van der Waals surface area contributed by atoms with Crippen molar-refractivity contribution in [1.82, 2.24) is 25.9 Å². The van der Waals surface area contributed by atoms with Crippen LogP contribution in [0, 0.1) is 11.8 Å². The topological polar surface area (TPSA) is 222 Å². The Bertz CT molecular complexity index is 874. The number of imidazole rings is 1. The lowest BCUT2D eigenvalue weighted by Crippen LogP contribution is -2.59. The molecule has 0 spiro atoms. The van der Waals surface area contributed by atoms with Crippen LogP contribution in [0.5, 0.6) is 0 Å². The number of aliphatic carboxylic acids is 1. The smallest absolute Gasteiger partial charge is 0.326 e. The largest absolute Gasteiger partial charge is 0.480 e. The van der Waals surface area contributed by atoms with Crippen molar-refractivity contribution in [1.29, 1.82) is 0 Å². The van der Waals surface area contributed by atoms with Crippen LogP contribution in [0.25, 0.3) is 0 Å². The van der Waals surface area contributed by atoms with Crippen molar-refractivity contribution in [3.8, 4) is 0 Å². The van der Waals surface area contributed by atoms with Gasteiger partial charge in [0.2, 0.25) is 23.6 Å². The van der Waals surface area contributed by atoms with Gasteiger partial charge in [0, 0.05) is 24.7 Å². The van der Waals surface area contributed by atoms with Crippen LogP contribution in [0.15, 0.2) is 12.5 Å². The second-order valence-corrected chi connectivity index (χ2v) is 8.89. The first-order valence-electron chi connectivity index (χ1n) is 11.5. The molecule has 0 radical (unpaired) electrons. The number of carbonyl (C=O) groups excluding carboxylic acids is 4. The summed E-state index contributed by atoms with van der Waals surface area (Å²) in [5.41, 5.74) is 11.7. The van der Waals surface area contributed by atoms with Crippen molar-refractivity contribution in [3.63, 3.8) is 0 Å². The van der Waals surface area contributed by atoms with E-state index < -0.39 is 59.7 Å². The van der Waals surface area contributed by atoms with E-state index in [9.17, 15) is 29.1 Å². The number of carboxylic acids is 1.